The van der Waals surface area contributed by atoms with E-state index in [2.05, 4.69) is 25.9 Å². The molecule has 1 aliphatic heterocycles. The van der Waals surface area contributed by atoms with E-state index in [1.807, 2.05) is 23.1 Å². The Hall–Kier alpha value is -1.41. The second-order valence-corrected chi connectivity index (χ2v) is 6.57. The number of nitrogens with two attached hydrogens (primary N) is 1. The minimum atomic E-state index is -0.779. The average molecular weight is 386 g/mol. The van der Waals surface area contributed by atoms with Crippen molar-refractivity contribution in [2.75, 3.05) is 30.4 Å². The van der Waals surface area contributed by atoms with Crippen molar-refractivity contribution < 1.29 is 10.2 Å². The highest BCUT2D eigenvalue weighted by Gasteiger charge is 2.43. The summed E-state index contributed by atoms with van der Waals surface area (Å²) >= 11 is 9.64. The van der Waals surface area contributed by atoms with Crippen molar-refractivity contribution in [2.45, 2.75) is 5.41 Å². The van der Waals surface area contributed by atoms with Crippen LogP contribution in [0, 0.1) is 0 Å². The highest BCUT2D eigenvalue weighted by molar-refractivity contribution is 9.10. The molecule has 3 rings (SSSR count). The van der Waals surface area contributed by atoms with Crippen LogP contribution in [0.1, 0.15) is 5.56 Å². The Kier molecular flexibility index (Phi) is 3.98. The first-order valence-electron chi connectivity index (χ1n) is 6.58. The fraction of sp³-hybridized carbons (Fsp3) is 0.286. The molecule has 4 N–H and O–H groups in total. The molecule has 8 heteroatoms. The minimum Gasteiger partial charge on any atom is -0.395 e. The van der Waals surface area contributed by atoms with Crippen molar-refractivity contribution in [2.24, 2.45) is 0 Å². The average Bonchev–Trinajstić information content (AvgIpc) is 2.84. The molecule has 0 spiro atoms. The van der Waals surface area contributed by atoms with Gasteiger partial charge in [-0.05, 0) is 17.7 Å². The zero-order valence-corrected chi connectivity index (χ0v) is 13.8. The molecule has 1 aromatic heterocycles. The quantitative estimate of drug-likeness (QED) is 0.746. The molecule has 116 valence electrons. The molecule has 1 aromatic carbocycles. The van der Waals surface area contributed by atoms with Gasteiger partial charge in [-0.15, -0.1) is 0 Å². The van der Waals surface area contributed by atoms with Gasteiger partial charge in [0.05, 0.1) is 24.8 Å². The Morgan fingerprint density at radius 2 is 2.09 bits per heavy atom. The van der Waals surface area contributed by atoms with Gasteiger partial charge in [-0.3, -0.25) is 0 Å². The first kappa shape index (κ1) is 15.5. The Morgan fingerprint density at radius 1 is 1.36 bits per heavy atom. The third-order valence-corrected chi connectivity index (χ3v) is 4.65. The predicted molar refractivity (Wildman–Crippen MR) is 88.5 cm³/mol. The SMILES string of the molecule is Nc1ncc(Cl)c(N2CC(CO)(CO)c3ccc(Br)cc32)n1. The van der Waals surface area contributed by atoms with Gasteiger partial charge in [-0.2, -0.15) is 4.98 Å². The monoisotopic (exact) mass is 384 g/mol. The smallest absolute Gasteiger partial charge is 0.222 e. The molecule has 0 aliphatic carbocycles. The van der Waals surface area contributed by atoms with Gasteiger partial charge in [0.2, 0.25) is 5.95 Å². The fourth-order valence-electron chi connectivity index (χ4n) is 2.72. The molecular weight excluding hydrogens is 372 g/mol. The van der Waals surface area contributed by atoms with Crippen LogP contribution in [0.5, 0.6) is 0 Å². The fourth-order valence-corrected chi connectivity index (χ4v) is 3.26. The number of rotatable bonds is 3. The van der Waals surface area contributed by atoms with Crippen LogP contribution in [0.25, 0.3) is 0 Å². The van der Waals surface area contributed by atoms with Crippen LogP contribution in [-0.4, -0.2) is 39.9 Å². The lowest BCUT2D eigenvalue weighted by Crippen LogP contribution is -2.39. The summed E-state index contributed by atoms with van der Waals surface area (Å²) in [6.45, 7) is -0.0262. The first-order chi connectivity index (χ1) is 10.5. The number of nitrogen functional groups attached to an aromatic ring is 1. The number of nitrogens with zero attached hydrogens (tertiary/aromatic N) is 3. The van der Waals surface area contributed by atoms with Gasteiger partial charge in [0.1, 0.15) is 5.02 Å². The Balaban J connectivity index is 2.19. The maximum absolute atomic E-state index is 9.83. The lowest BCUT2D eigenvalue weighted by molar-refractivity contribution is 0.128. The summed E-state index contributed by atoms with van der Waals surface area (Å²) in [4.78, 5) is 9.90. The zero-order chi connectivity index (χ0) is 15.9. The summed E-state index contributed by atoms with van der Waals surface area (Å²) in [6, 6.07) is 5.65. The molecule has 0 fully saturated rings. The normalized spacial score (nSPS) is 15.9. The summed E-state index contributed by atoms with van der Waals surface area (Å²) in [5.74, 6) is 0.568. The molecule has 1 aliphatic rings. The summed E-state index contributed by atoms with van der Waals surface area (Å²) in [5.41, 5.74) is 6.54. The number of aromatic nitrogens is 2. The molecule has 2 aromatic rings. The Labute approximate surface area is 140 Å². The number of halogens is 2. The maximum Gasteiger partial charge on any atom is 0.222 e. The second kappa shape index (κ2) is 5.66. The number of aliphatic hydroxyl groups excluding tert-OH is 2. The number of hydrogen-bond donors (Lipinski definition) is 3. The highest BCUT2D eigenvalue weighted by atomic mass is 79.9. The van der Waals surface area contributed by atoms with Crippen LogP contribution in [0.15, 0.2) is 28.9 Å². The minimum absolute atomic E-state index is 0.112. The maximum atomic E-state index is 9.83. The van der Waals surface area contributed by atoms with Crippen molar-refractivity contribution >= 4 is 45.0 Å². The summed E-state index contributed by atoms with van der Waals surface area (Å²) in [7, 11) is 0. The van der Waals surface area contributed by atoms with E-state index in [4.69, 9.17) is 17.3 Å². The third-order valence-electron chi connectivity index (χ3n) is 3.89. The van der Waals surface area contributed by atoms with E-state index in [-0.39, 0.29) is 19.2 Å². The molecule has 6 nitrogen and oxygen atoms in total. The number of anilines is 3. The molecule has 22 heavy (non-hydrogen) atoms. The lowest BCUT2D eigenvalue weighted by Gasteiger charge is -2.26. The van der Waals surface area contributed by atoms with E-state index in [0.29, 0.717) is 17.4 Å². The molecule has 0 atom stereocenters. The molecule has 0 saturated carbocycles. The highest BCUT2D eigenvalue weighted by Crippen LogP contribution is 2.46. The number of fused-ring (bicyclic) bond motifs is 1. The summed E-state index contributed by atoms with van der Waals surface area (Å²) < 4.78 is 0.876. The van der Waals surface area contributed by atoms with Gasteiger partial charge >= 0.3 is 0 Å². The lowest BCUT2D eigenvalue weighted by atomic mass is 9.84. The van der Waals surface area contributed by atoms with Crippen molar-refractivity contribution in [1.29, 1.82) is 0 Å². The molecule has 0 radical (unpaired) electrons. The third kappa shape index (κ3) is 2.34. The summed E-state index contributed by atoms with van der Waals surface area (Å²) in [6.07, 6.45) is 1.44. The van der Waals surface area contributed by atoms with Gasteiger partial charge in [-0.1, -0.05) is 33.6 Å². The molecule has 0 saturated heterocycles. The van der Waals surface area contributed by atoms with E-state index in [1.165, 1.54) is 6.20 Å². The Bertz CT molecular complexity index is 724. The van der Waals surface area contributed by atoms with E-state index < -0.39 is 5.41 Å². The molecule has 0 bridgehead atoms. The van der Waals surface area contributed by atoms with E-state index in [9.17, 15) is 10.2 Å². The predicted octanol–water partition coefficient (Wildman–Crippen LogP) is 1.85. The van der Waals surface area contributed by atoms with Crippen molar-refractivity contribution in [3.05, 3.63) is 39.5 Å². The van der Waals surface area contributed by atoms with E-state index in [1.54, 1.807) is 0 Å². The molecule has 0 unspecified atom stereocenters. The van der Waals surface area contributed by atoms with Crippen molar-refractivity contribution in [3.8, 4) is 0 Å². The number of benzene rings is 1. The molecule has 2 heterocycles. The van der Waals surface area contributed by atoms with Crippen LogP contribution in [0.2, 0.25) is 5.02 Å². The Morgan fingerprint density at radius 3 is 2.77 bits per heavy atom. The standard InChI is InChI=1S/C14H14BrClN4O2/c15-8-1-2-9-11(3-8)20(5-14(9,6-21)7-22)12-10(16)4-18-13(17)19-12/h1-4,21-22H,5-7H2,(H2,17,18,19). The van der Waals surface area contributed by atoms with Crippen LogP contribution in [0.4, 0.5) is 17.5 Å². The van der Waals surface area contributed by atoms with E-state index in [0.717, 1.165) is 15.7 Å². The van der Waals surface area contributed by atoms with Gasteiger partial charge in [0, 0.05) is 16.7 Å². The van der Waals surface area contributed by atoms with Gasteiger partial charge in [0.25, 0.3) is 0 Å². The van der Waals surface area contributed by atoms with Crippen LogP contribution in [0.3, 0.4) is 0 Å². The largest absolute Gasteiger partial charge is 0.395 e. The van der Waals surface area contributed by atoms with Crippen molar-refractivity contribution in [1.82, 2.24) is 9.97 Å². The topological polar surface area (TPSA) is 95.5 Å². The summed E-state index contributed by atoms with van der Waals surface area (Å²) in [5, 5.41) is 20.0. The van der Waals surface area contributed by atoms with Gasteiger partial charge < -0.3 is 20.8 Å². The first-order valence-corrected chi connectivity index (χ1v) is 7.75. The second-order valence-electron chi connectivity index (χ2n) is 5.24. The van der Waals surface area contributed by atoms with Crippen LogP contribution in [-0.2, 0) is 5.41 Å². The number of hydrogen-bond acceptors (Lipinski definition) is 6. The molecule has 0 amide bonds. The molecular formula is C14H14BrClN4O2. The van der Waals surface area contributed by atoms with E-state index >= 15 is 0 Å². The van der Waals surface area contributed by atoms with Gasteiger partial charge in [-0.25, -0.2) is 4.98 Å². The van der Waals surface area contributed by atoms with Crippen LogP contribution >= 0.6 is 27.5 Å². The zero-order valence-electron chi connectivity index (χ0n) is 11.5. The van der Waals surface area contributed by atoms with Gasteiger partial charge in [0.15, 0.2) is 5.82 Å². The van der Waals surface area contributed by atoms with Crippen molar-refractivity contribution in [3.63, 3.8) is 0 Å². The van der Waals surface area contributed by atoms with Crippen LogP contribution < -0.4 is 10.6 Å². The number of aliphatic hydroxyl groups is 2.